The lowest BCUT2D eigenvalue weighted by molar-refractivity contribution is -0.132. The highest BCUT2D eigenvalue weighted by Crippen LogP contribution is 2.29. The number of amides is 2. The number of hydrogen-bond acceptors (Lipinski definition) is 5. The predicted octanol–water partition coefficient (Wildman–Crippen LogP) is 0.338. The van der Waals surface area contributed by atoms with E-state index in [1.165, 1.54) is 0 Å². The molecule has 0 spiro atoms. The van der Waals surface area contributed by atoms with E-state index >= 15 is 0 Å². The highest BCUT2D eigenvalue weighted by molar-refractivity contribution is 5.92. The van der Waals surface area contributed by atoms with Gasteiger partial charge in [0.25, 0.3) is 5.91 Å². The zero-order valence-electron chi connectivity index (χ0n) is 13.9. The summed E-state index contributed by atoms with van der Waals surface area (Å²) in [4.78, 5) is 24.1. The predicted molar refractivity (Wildman–Crippen MR) is 89.6 cm³/mol. The van der Waals surface area contributed by atoms with Crippen molar-refractivity contribution in [2.75, 3.05) is 19.8 Å². The Morgan fingerprint density at radius 3 is 2.64 bits per heavy atom. The number of carbonyl (C=O) groups excluding carboxylic acids is 2. The largest absolute Gasteiger partial charge is 0.381 e. The average Bonchev–Trinajstić information content (AvgIpc) is 3.10. The molecule has 1 aromatic carbocycles. The number of rotatable bonds is 6. The molecule has 2 aromatic rings. The summed E-state index contributed by atoms with van der Waals surface area (Å²) < 4.78 is 6.88. The van der Waals surface area contributed by atoms with Crippen LogP contribution < -0.4 is 11.1 Å². The minimum Gasteiger partial charge on any atom is -0.381 e. The van der Waals surface area contributed by atoms with E-state index in [2.05, 4.69) is 15.6 Å². The van der Waals surface area contributed by atoms with E-state index in [-0.39, 0.29) is 18.1 Å². The molecule has 2 amide bonds. The van der Waals surface area contributed by atoms with Gasteiger partial charge in [0.05, 0.1) is 18.2 Å². The summed E-state index contributed by atoms with van der Waals surface area (Å²) in [5.74, 6) is -0.782. The van der Waals surface area contributed by atoms with Gasteiger partial charge in [-0.05, 0) is 18.4 Å². The lowest BCUT2D eigenvalue weighted by atomic mass is 9.79. The first-order valence-corrected chi connectivity index (χ1v) is 8.19. The minimum absolute atomic E-state index is 0.177. The number of hydrogen-bond donors (Lipinski definition) is 2. The van der Waals surface area contributed by atoms with E-state index < -0.39 is 11.3 Å². The quantitative estimate of drug-likeness (QED) is 0.785. The van der Waals surface area contributed by atoms with Gasteiger partial charge in [-0.25, -0.2) is 4.68 Å². The Bertz CT molecular complexity index is 738. The lowest BCUT2D eigenvalue weighted by Gasteiger charge is -2.34. The third-order valence-corrected chi connectivity index (χ3v) is 4.52. The first-order valence-electron chi connectivity index (χ1n) is 8.19. The van der Waals surface area contributed by atoms with Crippen molar-refractivity contribution in [2.45, 2.75) is 19.4 Å². The molecule has 1 saturated heterocycles. The van der Waals surface area contributed by atoms with Gasteiger partial charge in [-0.15, -0.1) is 5.10 Å². The number of nitrogens with two attached hydrogens (primary N) is 1. The lowest BCUT2D eigenvalue weighted by Crippen LogP contribution is -2.49. The molecule has 8 nitrogen and oxygen atoms in total. The number of carbonyl (C=O) groups is 2. The van der Waals surface area contributed by atoms with Crippen LogP contribution >= 0.6 is 0 Å². The van der Waals surface area contributed by atoms with Crippen molar-refractivity contribution in [3.8, 4) is 0 Å². The molecule has 0 radical (unpaired) electrons. The van der Waals surface area contributed by atoms with Crippen LogP contribution in [0.5, 0.6) is 0 Å². The number of nitrogens with zero attached hydrogens (tertiary/aromatic N) is 3. The summed E-state index contributed by atoms with van der Waals surface area (Å²) in [7, 11) is 0. The molecule has 8 heteroatoms. The normalized spacial score (nSPS) is 16.3. The Kier molecular flexibility index (Phi) is 5.08. The maximum Gasteiger partial charge on any atom is 0.273 e. The molecule has 0 aliphatic carbocycles. The Morgan fingerprint density at radius 2 is 1.96 bits per heavy atom. The van der Waals surface area contributed by atoms with Crippen molar-refractivity contribution in [1.82, 2.24) is 20.3 Å². The van der Waals surface area contributed by atoms with Crippen LogP contribution in [0.1, 0.15) is 28.9 Å². The third kappa shape index (κ3) is 4.03. The summed E-state index contributed by atoms with van der Waals surface area (Å²) >= 11 is 0. The fourth-order valence-electron chi connectivity index (χ4n) is 2.86. The molecule has 3 N–H and O–H groups in total. The van der Waals surface area contributed by atoms with Crippen LogP contribution in [-0.4, -0.2) is 46.6 Å². The van der Waals surface area contributed by atoms with Crippen molar-refractivity contribution >= 4 is 11.8 Å². The fraction of sp³-hybridized carbons (Fsp3) is 0.412. The van der Waals surface area contributed by atoms with E-state index in [1.807, 2.05) is 30.3 Å². The number of benzene rings is 1. The Morgan fingerprint density at radius 1 is 1.24 bits per heavy atom. The second-order valence-corrected chi connectivity index (χ2v) is 6.23. The van der Waals surface area contributed by atoms with Crippen molar-refractivity contribution in [2.24, 2.45) is 11.1 Å². The third-order valence-electron chi connectivity index (χ3n) is 4.52. The Hall–Kier alpha value is -2.74. The van der Waals surface area contributed by atoms with Crippen LogP contribution in [0.2, 0.25) is 0 Å². The van der Waals surface area contributed by atoms with Gasteiger partial charge in [-0.1, -0.05) is 35.5 Å². The van der Waals surface area contributed by atoms with Gasteiger partial charge in [0, 0.05) is 19.8 Å². The first-order chi connectivity index (χ1) is 12.1. The molecule has 0 atom stereocenters. The topological polar surface area (TPSA) is 112 Å². The van der Waals surface area contributed by atoms with Gasteiger partial charge >= 0.3 is 0 Å². The van der Waals surface area contributed by atoms with Crippen LogP contribution in [-0.2, 0) is 16.1 Å². The molecule has 3 rings (SSSR count). The standard InChI is InChI=1S/C17H21N5O3/c18-16(24)17(6-8-25-9-7-17)12-19-15(23)14-11-22(21-20-14)10-13-4-2-1-3-5-13/h1-5,11H,6-10,12H2,(H2,18,24)(H,19,23). The van der Waals surface area contributed by atoms with E-state index in [1.54, 1.807) is 10.9 Å². The highest BCUT2D eigenvalue weighted by Gasteiger charge is 2.38. The van der Waals surface area contributed by atoms with Crippen LogP contribution in [0.3, 0.4) is 0 Å². The molecule has 1 aliphatic rings. The smallest absolute Gasteiger partial charge is 0.273 e. The van der Waals surface area contributed by atoms with E-state index in [0.717, 1.165) is 5.56 Å². The maximum atomic E-state index is 12.3. The van der Waals surface area contributed by atoms with Gasteiger partial charge in [-0.2, -0.15) is 0 Å². The molecule has 0 bridgehead atoms. The summed E-state index contributed by atoms with van der Waals surface area (Å²) in [6.07, 6.45) is 2.59. The summed E-state index contributed by atoms with van der Waals surface area (Å²) in [5, 5.41) is 10.6. The summed E-state index contributed by atoms with van der Waals surface area (Å²) in [5.41, 5.74) is 6.06. The highest BCUT2D eigenvalue weighted by atomic mass is 16.5. The van der Waals surface area contributed by atoms with Gasteiger partial charge in [0.1, 0.15) is 0 Å². The molecule has 1 fully saturated rings. The first kappa shape index (κ1) is 17.1. The van der Waals surface area contributed by atoms with Crippen LogP contribution in [0.15, 0.2) is 36.5 Å². The van der Waals surface area contributed by atoms with Gasteiger partial charge in [0.2, 0.25) is 5.91 Å². The zero-order chi connectivity index (χ0) is 17.7. The number of aromatic nitrogens is 3. The molecule has 0 unspecified atom stereocenters. The molecule has 1 aromatic heterocycles. The number of nitrogens with one attached hydrogen (secondary N) is 1. The number of primary amides is 1. The van der Waals surface area contributed by atoms with Gasteiger partial charge in [0.15, 0.2) is 5.69 Å². The monoisotopic (exact) mass is 343 g/mol. The fourth-order valence-corrected chi connectivity index (χ4v) is 2.86. The molecule has 25 heavy (non-hydrogen) atoms. The van der Waals surface area contributed by atoms with Crippen molar-refractivity contribution < 1.29 is 14.3 Å². The number of ether oxygens (including phenoxy) is 1. The Balaban J connectivity index is 1.61. The molecular formula is C17H21N5O3. The summed E-state index contributed by atoms with van der Waals surface area (Å²) in [6.45, 7) is 1.64. The summed E-state index contributed by atoms with van der Waals surface area (Å²) in [6, 6.07) is 9.77. The van der Waals surface area contributed by atoms with Crippen LogP contribution in [0.4, 0.5) is 0 Å². The van der Waals surface area contributed by atoms with E-state index in [9.17, 15) is 9.59 Å². The van der Waals surface area contributed by atoms with Gasteiger partial charge in [-0.3, -0.25) is 9.59 Å². The maximum absolute atomic E-state index is 12.3. The molecule has 2 heterocycles. The van der Waals surface area contributed by atoms with Crippen molar-refractivity contribution in [3.05, 3.63) is 47.8 Å². The van der Waals surface area contributed by atoms with Crippen LogP contribution in [0.25, 0.3) is 0 Å². The second-order valence-electron chi connectivity index (χ2n) is 6.23. The average molecular weight is 343 g/mol. The van der Waals surface area contributed by atoms with E-state index in [0.29, 0.717) is 32.6 Å². The Labute approximate surface area is 145 Å². The molecular weight excluding hydrogens is 322 g/mol. The zero-order valence-corrected chi connectivity index (χ0v) is 13.9. The van der Waals surface area contributed by atoms with Crippen molar-refractivity contribution in [3.63, 3.8) is 0 Å². The van der Waals surface area contributed by atoms with E-state index in [4.69, 9.17) is 10.5 Å². The van der Waals surface area contributed by atoms with Crippen LogP contribution in [0, 0.1) is 5.41 Å². The molecule has 1 aliphatic heterocycles. The molecule has 0 saturated carbocycles. The SMILES string of the molecule is NC(=O)C1(CNC(=O)c2cn(Cc3ccccc3)nn2)CCOCC1. The molecule has 132 valence electrons. The van der Waals surface area contributed by atoms with Crippen molar-refractivity contribution in [1.29, 1.82) is 0 Å². The second kappa shape index (κ2) is 7.43. The minimum atomic E-state index is -0.756. The van der Waals surface area contributed by atoms with Gasteiger partial charge < -0.3 is 15.8 Å².